The van der Waals surface area contributed by atoms with Crippen molar-refractivity contribution in [3.63, 3.8) is 0 Å². The first-order valence-electron chi connectivity index (χ1n) is 9.43. The molecular formula is C19H20F3N3O5S. The quantitative estimate of drug-likeness (QED) is 0.666. The van der Waals surface area contributed by atoms with Crippen LogP contribution in [0.1, 0.15) is 35.8 Å². The Bertz CT molecular complexity index is 1080. The van der Waals surface area contributed by atoms with Crippen LogP contribution >= 0.6 is 0 Å². The third-order valence-corrected chi connectivity index (χ3v) is 6.57. The number of carbonyl (C=O) groups excluding carboxylic acids is 2. The van der Waals surface area contributed by atoms with Gasteiger partial charge < -0.3 is 10.1 Å². The van der Waals surface area contributed by atoms with E-state index in [-0.39, 0.29) is 42.0 Å². The topological polar surface area (TPSA) is 107 Å². The smallest absolute Gasteiger partial charge is 0.434 e. The van der Waals surface area contributed by atoms with Crippen molar-refractivity contribution in [2.24, 2.45) is 5.92 Å². The lowest BCUT2D eigenvalue weighted by Crippen LogP contribution is -2.19. The van der Waals surface area contributed by atoms with Gasteiger partial charge in [0.25, 0.3) is 0 Å². The molecule has 1 fully saturated rings. The zero-order valence-electron chi connectivity index (χ0n) is 16.5. The Morgan fingerprint density at radius 3 is 2.48 bits per heavy atom. The van der Waals surface area contributed by atoms with Gasteiger partial charge in [-0.2, -0.15) is 18.3 Å². The number of anilines is 1. The molecule has 1 aliphatic rings. The third kappa shape index (κ3) is 5.43. The van der Waals surface area contributed by atoms with Crippen LogP contribution in [0.2, 0.25) is 0 Å². The number of benzene rings is 1. The monoisotopic (exact) mass is 459 g/mol. The van der Waals surface area contributed by atoms with Gasteiger partial charge in [0, 0.05) is 12.1 Å². The predicted octanol–water partition coefficient (Wildman–Crippen LogP) is 2.83. The molecule has 2 heterocycles. The molecule has 1 amide bonds. The molecule has 1 N–H and O–H groups in total. The van der Waals surface area contributed by atoms with Crippen LogP contribution in [-0.2, 0) is 25.5 Å². The Hall–Kier alpha value is -2.89. The number of nitrogens with zero attached hydrogens (tertiary/aromatic N) is 2. The maximum absolute atomic E-state index is 13.6. The number of esters is 1. The van der Waals surface area contributed by atoms with Crippen LogP contribution in [0.3, 0.4) is 0 Å². The predicted molar refractivity (Wildman–Crippen MR) is 105 cm³/mol. The standard InChI is InChI=1S/C19H20F3N3O5S/c1-2-30-18(27)15-10-23-25(17(15)19(20,21)22)14-5-3-13(4-6-14)24-16(26)9-12-7-8-31(28,29)11-12/h3-6,10,12H,2,7-9,11H2,1H3,(H,24,26). The second kappa shape index (κ2) is 8.69. The molecule has 12 heteroatoms. The van der Waals surface area contributed by atoms with Crippen molar-refractivity contribution in [2.75, 3.05) is 23.4 Å². The molecule has 3 rings (SSSR count). The van der Waals surface area contributed by atoms with Crippen LogP contribution in [0.25, 0.3) is 5.69 Å². The molecule has 1 saturated heterocycles. The molecule has 0 spiro atoms. The normalized spacial score (nSPS) is 18.0. The van der Waals surface area contributed by atoms with E-state index in [4.69, 9.17) is 0 Å². The summed E-state index contributed by atoms with van der Waals surface area (Å²) in [6.07, 6.45) is -3.59. The van der Waals surface area contributed by atoms with Gasteiger partial charge in [0.1, 0.15) is 5.56 Å². The van der Waals surface area contributed by atoms with Crippen molar-refractivity contribution < 1.29 is 35.9 Å². The van der Waals surface area contributed by atoms with Crippen LogP contribution in [0.15, 0.2) is 30.5 Å². The molecule has 1 unspecified atom stereocenters. The van der Waals surface area contributed by atoms with Gasteiger partial charge >= 0.3 is 12.1 Å². The van der Waals surface area contributed by atoms with E-state index in [0.29, 0.717) is 16.8 Å². The van der Waals surface area contributed by atoms with E-state index < -0.39 is 33.2 Å². The van der Waals surface area contributed by atoms with E-state index in [1.165, 1.54) is 31.2 Å². The Morgan fingerprint density at radius 2 is 1.94 bits per heavy atom. The third-order valence-electron chi connectivity index (χ3n) is 4.73. The molecule has 0 saturated carbocycles. The van der Waals surface area contributed by atoms with Gasteiger partial charge in [-0.25, -0.2) is 17.9 Å². The maximum atomic E-state index is 13.6. The lowest BCUT2D eigenvalue weighted by molar-refractivity contribution is -0.143. The van der Waals surface area contributed by atoms with Crippen molar-refractivity contribution in [1.82, 2.24) is 9.78 Å². The summed E-state index contributed by atoms with van der Waals surface area (Å²) in [5.41, 5.74) is -1.59. The first-order valence-corrected chi connectivity index (χ1v) is 11.3. The summed E-state index contributed by atoms with van der Waals surface area (Å²) in [4.78, 5) is 24.0. The molecule has 1 aliphatic heterocycles. The van der Waals surface area contributed by atoms with E-state index >= 15 is 0 Å². The number of ether oxygens (including phenoxy) is 1. The Balaban J connectivity index is 1.75. The van der Waals surface area contributed by atoms with Gasteiger partial charge in [0.15, 0.2) is 15.5 Å². The average molecular weight is 459 g/mol. The SMILES string of the molecule is CCOC(=O)c1cnn(-c2ccc(NC(=O)CC3CCS(=O)(=O)C3)cc2)c1C(F)(F)F. The van der Waals surface area contributed by atoms with Crippen LogP contribution in [0.5, 0.6) is 0 Å². The molecule has 0 radical (unpaired) electrons. The summed E-state index contributed by atoms with van der Waals surface area (Å²) in [6, 6.07) is 5.41. The second-order valence-electron chi connectivity index (χ2n) is 7.11. The molecule has 8 nitrogen and oxygen atoms in total. The van der Waals surface area contributed by atoms with Gasteiger partial charge in [0.05, 0.1) is 30.0 Å². The average Bonchev–Trinajstić information content (AvgIpc) is 3.26. The van der Waals surface area contributed by atoms with E-state index in [1.807, 2.05) is 0 Å². The van der Waals surface area contributed by atoms with Gasteiger partial charge in [-0.15, -0.1) is 0 Å². The lowest BCUT2D eigenvalue weighted by atomic mass is 10.1. The van der Waals surface area contributed by atoms with Gasteiger partial charge in [-0.1, -0.05) is 0 Å². The highest BCUT2D eigenvalue weighted by Gasteiger charge is 2.41. The maximum Gasteiger partial charge on any atom is 0.434 e. The number of nitrogens with one attached hydrogen (secondary N) is 1. The summed E-state index contributed by atoms with van der Waals surface area (Å²) in [5, 5.41) is 6.28. The second-order valence-corrected chi connectivity index (χ2v) is 9.33. The van der Waals surface area contributed by atoms with E-state index in [1.54, 1.807) is 0 Å². The molecule has 0 bridgehead atoms. The number of aromatic nitrogens is 2. The van der Waals surface area contributed by atoms with E-state index in [0.717, 1.165) is 6.20 Å². The van der Waals surface area contributed by atoms with Crippen molar-refractivity contribution in [3.8, 4) is 5.69 Å². The largest absolute Gasteiger partial charge is 0.462 e. The molecule has 1 aromatic heterocycles. The summed E-state index contributed by atoms with van der Waals surface area (Å²) in [7, 11) is -3.09. The van der Waals surface area contributed by atoms with Crippen LogP contribution in [-0.4, -0.2) is 48.2 Å². The van der Waals surface area contributed by atoms with Crippen molar-refractivity contribution in [3.05, 3.63) is 41.7 Å². The number of hydrogen-bond donors (Lipinski definition) is 1. The number of halogens is 3. The van der Waals surface area contributed by atoms with Gasteiger partial charge in [-0.05, 0) is 43.5 Å². The summed E-state index contributed by atoms with van der Waals surface area (Å²) < 4.78 is 68.9. The van der Waals surface area contributed by atoms with Gasteiger partial charge in [-0.3, -0.25) is 4.79 Å². The number of rotatable bonds is 6. The van der Waals surface area contributed by atoms with Crippen LogP contribution < -0.4 is 5.32 Å². The minimum atomic E-state index is -4.85. The van der Waals surface area contributed by atoms with Gasteiger partial charge in [0.2, 0.25) is 5.91 Å². The summed E-state index contributed by atoms with van der Waals surface area (Å²) in [5.74, 6) is -1.71. The fourth-order valence-corrected chi connectivity index (χ4v) is 5.23. The highest BCUT2D eigenvalue weighted by molar-refractivity contribution is 7.91. The molecule has 168 valence electrons. The van der Waals surface area contributed by atoms with Crippen molar-refractivity contribution >= 4 is 27.4 Å². The van der Waals surface area contributed by atoms with E-state index in [9.17, 15) is 31.2 Å². The Labute approximate surface area is 176 Å². The number of amides is 1. The molecule has 1 atom stereocenters. The zero-order valence-corrected chi connectivity index (χ0v) is 17.3. The molecular weight excluding hydrogens is 439 g/mol. The van der Waals surface area contributed by atoms with Crippen molar-refractivity contribution in [1.29, 1.82) is 0 Å². The van der Waals surface area contributed by atoms with E-state index in [2.05, 4.69) is 15.2 Å². The summed E-state index contributed by atoms with van der Waals surface area (Å²) >= 11 is 0. The Kier molecular flexibility index (Phi) is 6.39. The highest BCUT2D eigenvalue weighted by atomic mass is 32.2. The minimum absolute atomic E-state index is 0.0261. The zero-order chi connectivity index (χ0) is 22.8. The van der Waals surface area contributed by atoms with Crippen LogP contribution in [0, 0.1) is 5.92 Å². The lowest BCUT2D eigenvalue weighted by Gasteiger charge is -2.13. The summed E-state index contributed by atoms with van der Waals surface area (Å²) in [6.45, 7) is 1.40. The number of carbonyl (C=O) groups is 2. The molecule has 1 aromatic carbocycles. The van der Waals surface area contributed by atoms with Crippen molar-refractivity contribution in [2.45, 2.75) is 25.9 Å². The number of sulfone groups is 1. The molecule has 0 aliphatic carbocycles. The fourth-order valence-electron chi connectivity index (χ4n) is 3.37. The molecule has 2 aromatic rings. The van der Waals surface area contributed by atoms with Crippen LogP contribution in [0.4, 0.5) is 18.9 Å². The fraction of sp³-hybridized carbons (Fsp3) is 0.421. The minimum Gasteiger partial charge on any atom is -0.462 e. The first kappa shape index (κ1) is 22.8. The highest BCUT2D eigenvalue weighted by Crippen LogP contribution is 2.34. The first-order chi connectivity index (χ1) is 14.5. The molecule has 31 heavy (non-hydrogen) atoms. The Morgan fingerprint density at radius 1 is 1.26 bits per heavy atom. The number of hydrogen-bond acceptors (Lipinski definition) is 6. The number of alkyl halides is 3.